The number of carbonyl (C=O) groups excluding carboxylic acids is 1. The molecule has 5 heteroatoms. The number of aromatic nitrogens is 2. The average Bonchev–Trinajstić information content (AvgIpc) is 2.86. The van der Waals surface area contributed by atoms with Crippen molar-refractivity contribution < 1.29 is 14.1 Å². The molecule has 1 heterocycles. The average molecular weight is 300 g/mol. The van der Waals surface area contributed by atoms with Gasteiger partial charge in [0.15, 0.2) is 0 Å². The van der Waals surface area contributed by atoms with E-state index in [9.17, 15) is 4.79 Å². The number of nitrogens with zero attached hydrogens (tertiary/aromatic N) is 2. The standard InChI is InChI=1S/C17H20N2O3/c1-11-6-8-13(9-7-11)15-18-14(22-19-15)10-12(2)16(20)21-17(3,4)5/h6-9H,2,10H2,1,3-5H3. The predicted octanol–water partition coefficient (Wildman–Crippen LogP) is 3.49. The van der Waals surface area contributed by atoms with E-state index in [2.05, 4.69) is 16.7 Å². The van der Waals surface area contributed by atoms with Gasteiger partial charge in [0.05, 0.1) is 6.42 Å². The molecule has 0 atom stereocenters. The van der Waals surface area contributed by atoms with Crippen LogP contribution in [0.2, 0.25) is 0 Å². The second-order valence-electron chi connectivity index (χ2n) is 6.16. The van der Waals surface area contributed by atoms with Gasteiger partial charge >= 0.3 is 5.97 Å². The fraction of sp³-hybridized carbons (Fsp3) is 0.353. The molecule has 0 spiro atoms. The van der Waals surface area contributed by atoms with Crippen LogP contribution in [0.1, 0.15) is 32.2 Å². The molecule has 0 bridgehead atoms. The summed E-state index contributed by atoms with van der Waals surface area (Å²) in [5.74, 6) is 0.376. The number of carbonyl (C=O) groups is 1. The number of hydrogen-bond acceptors (Lipinski definition) is 5. The highest BCUT2D eigenvalue weighted by Crippen LogP contribution is 2.18. The van der Waals surface area contributed by atoms with Gasteiger partial charge in [-0.05, 0) is 27.7 Å². The topological polar surface area (TPSA) is 65.2 Å². The Balaban J connectivity index is 2.04. The van der Waals surface area contributed by atoms with Crippen molar-refractivity contribution in [3.8, 4) is 11.4 Å². The van der Waals surface area contributed by atoms with Gasteiger partial charge in [0.25, 0.3) is 0 Å². The second kappa shape index (κ2) is 6.13. The molecular weight excluding hydrogens is 280 g/mol. The van der Waals surface area contributed by atoms with Crippen molar-refractivity contribution in [2.75, 3.05) is 0 Å². The molecule has 2 aromatic rings. The monoisotopic (exact) mass is 300 g/mol. The SMILES string of the molecule is C=C(Cc1nc(-c2ccc(C)cc2)no1)C(=O)OC(C)(C)C. The summed E-state index contributed by atoms with van der Waals surface area (Å²) < 4.78 is 10.4. The normalized spacial score (nSPS) is 11.3. The Morgan fingerprint density at radius 1 is 1.27 bits per heavy atom. The van der Waals surface area contributed by atoms with Crippen LogP contribution in [0.25, 0.3) is 11.4 Å². The molecule has 22 heavy (non-hydrogen) atoms. The molecule has 0 aliphatic heterocycles. The van der Waals surface area contributed by atoms with Crippen LogP contribution in [-0.4, -0.2) is 21.7 Å². The lowest BCUT2D eigenvalue weighted by Gasteiger charge is -2.19. The van der Waals surface area contributed by atoms with Crippen LogP contribution in [0.4, 0.5) is 0 Å². The first-order chi connectivity index (χ1) is 10.2. The van der Waals surface area contributed by atoms with Gasteiger partial charge < -0.3 is 9.26 Å². The van der Waals surface area contributed by atoms with Crippen LogP contribution in [0.3, 0.4) is 0 Å². The first-order valence-electron chi connectivity index (χ1n) is 7.05. The lowest BCUT2D eigenvalue weighted by molar-refractivity contribution is -0.150. The van der Waals surface area contributed by atoms with Crippen molar-refractivity contribution >= 4 is 5.97 Å². The van der Waals surface area contributed by atoms with Crippen LogP contribution in [0.5, 0.6) is 0 Å². The first-order valence-corrected chi connectivity index (χ1v) is 7.05. The van der Waals surface area contributed by atoms with Gasteiger partial charge in [-0.25, -0.2) is 4.79 Å². The van der Waals surface area contributed by atoms with Crippen molar-refractivity contribution in [3.63, 3.8) is 0 Å². The molecule has 0 aliphatic carbocycles. The van der Waals surface area contributed by atoms with Crippen LogP contribution >= 0.6 is 0 Å². The molecule has 0 unspecified atom stereocenters. The molecule has 0 aliphatic rings. The highest BCUT2D eigenvalue weighted by molar-refractivity contribution is 5.88. The largest absolute Gasteiger partial charge is 0.457 e. The van der Waals surface area contributed by atoms with Crippen LogP contribution in [0, 0.1) is 6.92 Å². The molecule has 0 saturated carbocycles. The van der Waals surface area contributed by atoms with Gasteiger partial charge in [-0.3, -0.25) is 0 Å². The minimum atomic E-state index is -0.554. The van der Waals surface area contributed by atoms with E-state index in [4.69, 9.17) is 9.26 Å². The maximum absolute atomic E-state index is 11.9. The van der Waals surface area contributed by atoms with Crippen LogP contribution in [-0.2, 0) is 16.0 Å². The molecule has 0 N–H and O–H groups in total. The van der Waals surface area contributed by atoms with Gasteiger partial charge in [0.2, 0.25) is 11.7 Å². The number of ether oxygens (including phenoxy) is 1. The molecular formula is C17H20N2O3. The van der Waals surface area contributed by atoms with Gasteiger partial charge in [-0.2, -0.15) is 4.98 Å². The van der Waals surface area contributed by atoms with Gasteiger partial charge in [0.1, 0.15) is 5.60 Å². The fourth-order valence-electron chi connectivity index (χ4n) is 1.75. The Kier molecular flexibility index (Phi) is 4.45. The molecule has 0 saturated heterocycles. The number of esters is 1. The second-order valence-corrected chi connectivity index (χ2v) is 6.16. The van der Waals surface area contributed by atoms with Crippen molar-refractivity contribution in [2.45, 2.75) is 39.7 Å². The summed E-state index contributed by atoms with van der Waals surface area (Å²) in [6.45, 7) is 11.2. The Morgan fingerprint density at radius 2 is 1.91 bits per heavy atom. The lowest BCUT2D eigenvalue weighted by atomic mass is 10.1. The summed E-state index contributed by atoms with van der Waals surface area (Å²) in [5, 5.41) is 3.92. The molecule has 1 aromatic carbocycles. The van der Waals surface area contributed by atoms with E-state index in [0.29, 0.717) is 11.7 Å². The maximum atomic E-state index is 11.9. The summed E-state index contributed by atoms with van der Waals surface area (Å²) >= 11 is 0. The summed E-state index contributed by atoms with van der Waals surface area (Å²) in [7, 11) is 0. The summed E-state index contributed by atoms with van der Waals surface area (Å²) in [4.78, 5) is 16.1. The number of benzene rings is 1. The summed E-state index contributed by atoms with van der Waals surface area (Å²) in [6, 6.07) is 7.80. The third-order valence-electron chi connectivity index (χ3n) is 2.83. The molecule has 2 rings (SSSR count). The highest BCUT2D eigenvalue weighted by atomic mass is 16.6. The Labute approximate surface area is 130 Å². The van der Waals surface area contributed by atoms with E-state index >= 15 is 0 Å². The zero-order chi connectivity index (χ0) is 16.3. The van der Waals surface area contributed by atoms with E-state index in [0.717, 1.165) is 11.1 Å². The fourth-order valence-corrected chi connectivity index (χ4v) is 1.75. The molecule has 5 nitrogen and oxygen atoms in total. The van der Waals surface area contributed by atoms with Gasteiger partial charge in [-0.1, -0.05) is 41.6 Å². The van der Waals surface area contributed by atoms with Crippen molar-refractivity contribution in [2.24, 2.45) is 0 Å². The van der Waals surface area contributed by atoms with E-state index in [1.807, 2.05) is 31.2 Å². The van der Waals surface area contributed by atoms with Crippen LogP contribution in [0.15, 0.2) is 40.9 Å². The highest BCUT2D eigenvalue weighted by Gasteiger charge is 2.20. The molecule has 116 valence electrons. The van der Waals surface area contributed by atoms with E-state index in [1.165, 1.54) is 0 Å². The van der Waals surface area contributed by atoms with E-state index in [1.54, 1.807) is 20.8 Å². The van der Waals surface area contributed by atoms with Crippen LogP contribution < -0.4 is 0 Å². The smallest absolute Gasteiger partial charge is 0.334 e. The zero-order valence-corrected chi connectivity index (χ0v) is 13.3. The number of aryl methyl sites for hydroxylation is 1. The third-order valence-corrected chi connectivity index (χ3v) is 2.83. The van der Waals surface area contributed by atoms with E-state index < -0.39 is 11.6 Å². The lowest BCUT2D eigenvalue weighted by Crippen LogP contribution is -2.25. The van der Waals surface area contributed by atoms with Crippen molar-refractivity contribution in [3.05, 3.63) is 47.9 Å². The van der Waals surface area contributed by atoms with Crippen molar-refractivity contribution in [1.29, 1.82) is 0 Å². The quantitative estimate of drug-likeness (QED) is 0.639. The Morgan fingerprint density at radius 3 is 2.50 bits per heavy atom. The van der Waals surface area contributed by atoms with E-state index in [-0.39, 0.29) is 12.0 Å². The molecule has 0 fully saturated rings. The maximum Gasteiger partial charge on any atom is 0.334 e. The minimum absolute atomic E-state index is 0.174. The Hall–Kier alpha value is -2.43. The summed E-state index contributed by atoms with van der Waals surface area (Å²) in [6.07, 6.45) is 0.174. The predicted molar refractivity (Wildman–Crippen MR) is 83.2 cm³/mol. The van der Waals surface area contributed by atoms with Crippen molar-refractivity contribution in [1.82, 2.24) is 10.1 Å². The Bertz CT molecular complexity index is 679. The molecule has 0 radical (unpaired) electrons. The molecule has 1 aromatic heterocycles. The summed E-state index contributed by atoms with van der Waals surface area (Å²) in [5.41, 5.74) is 1.75. The third kappa shape index (κ3) is 4.28. The minimum Gasteiger partial charge on any atom is -0.457 e. The van der Waals surface area contributed by atoms with Gasteiger partial charge in [0, 0.05) is 11.1 Å². The first kappa shape index (κ1) is 15.9. The van der Waals surface area contributed by atoms with Gasteiger partial charge in [-0.15, -0.1) is 0 Å². The zero-order valence-electron chi connectivity index (χ0n) is 13.3. The molecule has 0 amide bonds. The number of rotatable bonds is 4. The number of hydrogen-bond donors (Lipinski definition) is 0.